The second-order valence-corrected chi connectivity index (χ2v) is 7.71. The van der Waals surface area contributed by atoms with Crippen molar-refractivity contribution in [2.45, 2.75) is 20.4 Å². The van der Waals surface area contributed by atoms with Crippen molar-refractivity contribution in [2.24, 2.45) is 0 Å². The molecule has 0 saturated carbocycles. The van der Waals surface area contributed by atoms with Gasteiger partial charge in [0.05, 0.1) is 48.3 Å². The van der Waals surface area contributed by atoms with Crippen LogP contribution in [0.15, 0.2) is 43.1 Å². The standard InChI is InChI=1S/C24H25FN6O2/c1-6-31-13-16(10-28-31)17-7-18-20(8-22(17)33-5)27-12-21(29(3)14-32)24(18)30(4)23-15(2)9-26-11-19(23)25/h7-14H,6H2,1-5H3. The molecule has 0 aliphatic carbocycles. The maximum absolute atomic E-state index is 14.9. The topological polar surface area (TPSA) is 76.4 Å². The molecule has 170 valence electrons. The van der Waals surface area contributed by atoms with E-state index in [0.29, 0.717) is 40.3 Å². The number of aromatic nitrogens is 4. The van der Waals surface area contributed by atoms with Crippen molar-refractivity contribution < 1.29 is 13.9 Å². The normalized spacial score (nSPS) is 11.0. The summed E-state index contributed by atoms with van der Waals surface area (Å²) < 4.78 is 22.3. The molecule has 4 rings (SSSR count). The van der Waals surface area contributed by atoms with Gasteiger partial charge in [-0.05, 0) is 25.5 Å². The highest BCUT2D eigenvalue weighted by Crippen LogP contribution is 2.43. The lowest BCUT2D eigenvalue weighted by Crippen LogP contribution is -2.21. The van der Waals surface area contributed by atoms with Crippen LogP contribution in [0.5, 0.6) is 5.75 Å². The number of carbonyl (C=O) groups is 1. The van der Waals surface area contributed by atoms with Gasteiger partial charge in [0.25, 0.3) is 0 Å². The van der Waals surface area contributed by atoms with Gasteiger partial charge in [0.2, 0.25) is 6.41 Å². The fourth-order valence-electron chi connectivity index (χ4n) is 3.99. The van der Waals surface area contributed by atoms with Crippen LogP contribution in [0.3, 0.4) is 0 Å². The number of nitrogens with zero attached hydrogens (tertiary/aromatic N) is 6. The summed E-state index contributed by atoms with van der Waals surface area (Å²) in [7, 11) is 5.01. The van der Waals surface area contributed by atoms with Gasteiger partial charge in [-0.3, -0.25) is 19.4 Å². The predicted octanol–water partition coefficient (Wildman–Crippen LogP) is 4.33. The first-order valence-corrected chi connectivity index (χ1v) is 10.4. The highest BCUT2D eigenvalue weighted by atomic mass is 19.1. The second kappa shape index (κ2) is 8.85. The predicted molar refractivity (Wildman–Crippen MR) is 127 cm³/mol. The van der Waals surface area contributed by atoms with Gasteiger partial charge in [-0.1, -0.05) is 0 Å². The number of hydrogen-bond acceptors (Lipinski definition) is 6. The number of benzene rings is 1. The lowest BCUT2D eigenvalue weighted by atomic mass is 10.0. The fourth-order valence-corrected chi connectivity index (χ4v) is 3.99. The molecule has 0 unspecified atom stereocenters. The Morgan fingerprint density at radius 1 is 1.15 bits per heavy atom. The monoisotopic (exact) mass is 448 g/mol. The summed E-state index contributed by atoms with van der Waals surface area (Å²) in [6, 6.07) is 3.78. The molecule has 1 aromatic carbocycles. The molecule has 0 N–H and O–H groups in total. The Labute approximate surface area is 191 Å². The lowest BCUT2D eigenvalue weighted by molar-refractivity contribution is -0.107. The van der Waals surface area contributed by atoms with E-state index < -0.39 is 5.82 Å². The van der Waals surface area contributed by atoms with Crippen molar-refractivity contribution in [3.63, 3.8) is 0 Å². The van der Waals surface area contributed by atoms with Crippen LogP contribution in [0, 0.1) is 12.7 Å². The number of fused-ring (bicyclic) bond motifs is 1. The Morgan fingerprint density at radius 3 is 2.58 bits per heavy atom. The molecule has 3 heterocycles. The number of amides is 1. The Hall–Kier alpha value is -4.01. The zero-order valence-electron chi connectivity index (χ0n) is 19.2. The van der Waals surface area contributed by atoms with E-state index in [9.17, 15) is 9.18 Å². The average molecular weight is 449 g/mol. The maximum Gasteiger partial charge on any atom is 0.213 e. The summed E-state index contributed by atoms with van der Waals surface area (Å²) >= 11 is 0. The first kappa shape index (κ1) is 22.2. The fraction of sp³-hybridized carbons (Fsp3) is 0.250. The molecule has 0 radical (unpaired) electrons. The Bertz CT molecular complexity index is 1320. The second-order valence-electron chi connectivity index (χ2n) is 7.71. The number of halogens is 1. The van der Waals surface area contributed by atoms with Gasteiger partial charge >= 0.3 is 0 Å². The lowest BCUT2D eigenvalue weighted by Gasteiger charge is -2.28. The molecule has 0 atom stereocenters. The quantitative estimate of drug-likeness (QED) is 0.392. The van der Waals surface area contributed by atoms with Crippen LogP contribution in [0.25, 0.3) is 22.0 Å². The first-order valence-electron chi connectivity index (χ1n) is 10.4. The van der Waals surface area contributed by atoms with Gasteiger partial charge in [0.1, 0.15) is 5.75 Å². The van der Waals surface area contributed by atoms with Crippen molar-refractivity contribution in [2.75, 3.05) is 31.0 Å². The molecule has 0 saturated heterocycles. The van der Waals surface area contributed by atoms with Gasteiger partial charge in [-0.25, -0.2) is 4.39 Å². The Kier molecular flexibility index (Phi) is 5.95. The van der Waals surface area contributed by atoms with Crippen LogP contribution < -0.4 is 14.5 Å². The molecule has 0 bridgehead atoms. The minimum atomic E-state index is -0.458. The molecule has 8 nitrogen and oxygen atoms in total. The van der Waals surface area contributed by atoms with E-state index in [4.69, 9.17) is 4.74 Å². The van der Waals surface area contributed by atoms with Crippen molar-refractivity contribution in [1.82, 2.24) is 19.7 Å². The number of anilines is 3. The highest BCUT2D eigenvalue weighted by molar-refractivity contribution is 6.05. The molecule has 0 fully saturated rings. The molecule has 3 aromatic heterocycles. The molecular weight excluding hydrogens is 423 g/mol. The summed E-state index contributed by atoms with van der Waals surface area (Å²) in [5.41, 5.74) is 4.55. The summed E-state index contributed by atoms with van der Waals surface area (Å²) in [5, 5.41) is 5.11. The largest absolute Gasteiger partial charge is 0.496 e. The van der Waals surface area contributed by atoms with Crippen LogP contribution in [0.2, 0.25) is 0 Å². The molecule has 0 spiro atoms. The van der Waals surface area contributed by atoms with E-state index >= 15 is 0 Å². The molecule has 0 aliphatic heterocycles. The minimum absolute atomic E-state index is 0.370. The highest BCUT2D eigenvalue weighted by Gasteiger charge is 2.23. The molecule has 4 aromatic rings. The third kappa shape index (κ3) is 3.86. The van der Waals surface area contributed by atoms with E-state index in [1.807, 2.05) is 29.9 Å². The van der Waals surface area contributed by atoms with Crippen LogP contribution in [0.4, 0.5) is 21.5 Å². The van der Waals surface area contributed by atoms with E-state index in [1.54, 1.807) is 51.6 Å². The van der Waals surface area contributed by atoms with E-state index in [0.717, 1.165) is 23.1 Å². The van der Waals surface area contributed by atoms with Gasteiger partial charge in [0.15, 0.2) is 5.82 Å². The van der Waals surface area contributed by atoms with Crippen LogP contribution in [-0.4, -0.2) is 47.4 Å². The van der Waals surface area contributed by atoms with Crippen LogP contribution in [-0.2, 0) is 11.3 Å². The van der Waals surface area contributed by atoms with Gasteiger partial charge < -0.3 is 14.5 Å². The summed E-state index contributed by atoms with van der Waals surface area (Å²) in [6.07, 6.45) is 8.80. The van der Waals surface area contributed by atoms with Gasteiger partial charge in [-0.2, -0.15) is 5.10 Å². The van der Waals surface area contributed by atoms with Crippen molar-refractivity contribution in [1.29, 1.82) is 0 Å². The van der Waals surface area contributed by atoms with Gasteiger partial charge in [0, 0.05) is 55.6 Å². The number of carbonyl (C=O) groups excluding carboxylic acids is 1. The van der Waals surface area contributed by atoms with Crippen molar-refractivity contribution in [3.8, 4) is 16.9 Å². The first-order chi connectivity index (χ1) is 15.9. The van der Waals surface area contributed by atoms with Crippen molar-refractivity contribution in [3.05, 3.63) is 54.5 Å². The SMILES string of the molecule is CCn1cc(-c2cc3c(N(C)c4c(C)cncc4F)c(N(C)C=O)cnc3cc2OC)cn1. The Morgan fingerprint density at radius 2 is 1.94 bits per heavy atom. The third-order valence-corrected chi connectivity index (χ3v) is 5.67. The summed E-state index contributed by atoms with van der Waals surface area (Å²) in [6.45, 7) is 4.54. The molecular formula is C24H25FN6O2. The number of pyridine rings is 2. The molecule has 9 heteroatoms. The number of rotatable bonds is 7. The number of ether oxygens (including phenoxy) is 1. The molecule has 33 heavy (non-hydrogen) atoms. The number of aryl methyl sites for hydroxylation is 2. The van der Waals surface area contributed by atoms with Crippen LogP contribution >= 0.6 is 0 Å². The zero-order chi connectivity index (χ0) is 23.7. The zero-order valence-corrected chi connectivity index (χ0v) is 19.2. The minimum Gasteiger partial charge on any atom is -0.496 e. The number of hydrogen-bond donors (Lipinski definition) is 0. The van der Waals surface area contributed by atoms with E-state index in [-0.39, 0.29) is 0 Å². The Balaban J connectivity index is 2.05. The van der Waals surface area contributed by atoms with E-state index in [1.165, 1.54) is 11.1 Å². The van der Waals surface area contributed by atoms with E-state index in [2.05, 4.69) is 15.1 Å². The molecule has 0 aliphatic rings. The summed E-state index contributed by atoms with van der Waals surface area (Å²) in [5.74, 6) is 0.183. The van der Waals surface area contributed by atoms with Gasteiger partial charge in [-0.15, -0.1) is 0 Å². The third-order valence-electron chi connectivity index (χ3n) is 5.67. The molecule has 1 amide bonds. The maximum atomic E-state index is 14.9. The number of methoxy groups -OCH3 is 1. The summed E-state index contributed by atoms with van der Waals surface area (Å²) in [4.78, 5) is 23.3. The van der Waals surface area contributed by atoms with Crippen LogP contribution in [0.1, 0.15) is 12.5 Å². The van der Waals surface area contributed by atoms with Crippen molar-refractivity contribution >= 4 is 34.4 Å². The average Bonchev–Trinajstić information content (AvgIpc) is 3.30. The smallest absolute Gasteiger partial charge is 0.213 e.